The molecule has 0 atom stereocenters. The van der Waals surface area contributed by atoms with E-state index >= 15 is 0 Å². The second-order valence-corrected chi connectivity index (χ2v) is 4.65. The predicted molar refractivity (Wildman–Crippen MR) is 65.0 cm³/mol. The number of aliphatic hydroxyl groups is 3. The first-order valence-corrected chi connectivity index (χ1v) is 5.77. The third-order valence-electron chi connectivity index (χ3n) is 2.46. The van der Waals surface area contributed by atoms with Gasteiger partial charge in [-0.05, 0) is 17.7 Å². The van der Waals surface area contributed by atoms with Crippen LogP contribution in [0, 0.1) is 0 Å². The van der Waals surface area contributed by atoms with E-state index in [1.54, 1.807) is 0 Å². The van der Waals surface area contributed by atoms with Crippen LogP contribution in [0.4, 0.5) is 0 Å². The van der Waals surface area contributed by atoms with E-state index in [9.17, 15) is 0 Å². The van der Waals surface area contributed by atoms with Crippen molar-refractivity contribution < 1.29 is 15.3 Å². The summed E-state index contributed by atoms with van der Waals surface area (Å²) in [5.41, 5.74) is -0.0171. The lowest BCUT2D eigenvalue weighted by Crippen LogP contribution is -2.54. The van der Waals surface area contributed by atoms with Gasteiger partial charge in [-0.25, -0.2) is 0 Å². The van der Waals surface area contributed by atoms with Gasteiger partial charge in [0, 0.05) is 11.0 Å². The van der Waals surface area contributed by atoms with E-state index in [1.165, 1.54) is 0 Å². The van der Waals surface area contributed by atoms with E-state index in [0.29, 0.717) is 6.54 Å². The van der Waals surface area contributed by atoms with Crippen molar-refractivity contribution in [3.63, 3.8) is 0 Å². The first-order valence-electron chi connectivity index (χ1n) is 4.98. The molecule has 1 aromatic carbocycles. The summed E-state index contributed by atoms with van der Waals surface area (Å²) in [7, 11) is 0. The smallest absolute Gasteiger partial charge is 0.0884 e. The minimum atomic E-state index is -1.03. The van der Waals surface area contributed by atoms with E-state index in [-0.39, 0.29) is 19.8 Å². The molecule has 0 amide bonds. The Morgan fingerprint density at radius 2 is 1.75 bits per heavy atom. The standard InChI is InChI=1S/C11H16BrNO3/c12-10-3-1-2-9(4-10)5-13-11(6-14,7-15)8-16/h1-4,13-16H,5-8H2. The molecule has 0 aliphatic heterocycles. The Bertz CT molecular complexity index is 320. The fourth-order valence-corrected chi connectivity index (χ4v) is 1.70. The Labute approximate surface area is 103 Å². The van der Waals surface area contributed by atoms with Crippen LogP contribution in [0.2, 0.25) is 0 Å². The van der Waals surface area contributed by atoms with Gasteiger partial charge in [-0.1, -0.05) is 28.1 Å². The number of hydrogen-bond acceptors (Lipinski definition) is 4. The first kappa shape index (κ1) is 13.6. The Morgan fingerprint density at radius 3 is 2.25 bits per heavy atom. The van der Waals surface area contributed by atoms with Crippen molar-refractivity contribution >= 4 is 15.9 Å². The summed E-state index contributed by atoms with van der Waals surface area (Å²) in [5.74, 6) is 0. The molecule has 4 nitrogen and oxygen atoms in total. The molecule has 1 rings (SSSR count). The average Bonchev–Trinajstić information content (AvgIpc) is 2.32. The minimum Gasteiger partial charge on any atom is -0.394 e. The van der Waals surface area contributed by atoms with Gasteiger partial charge in [-0.3, -0.25) is 0 Å². The zero-order valence-corrected chi connectivity index (χ0v) is 10.4. The highest BCUT2D eigenvalue weighted by atomic mass is 79.9. The molecular formula is C11H16BrNO3. The molecule has 0 radical (unpaired) electrons. The van der Waals surface area contributed by atoms with E-state index in [0.717, 1.165) is 10.0 Å². The third-order valence-corrected chi connectivity index (χ3v) is 2.96. The number of rotatable bonds is 6. The lowest BCUT2D eigenvalue weighted by Gasteiger charge is -2.28. The molecule has 0 saturated carbocycles. The zero-order valence-electron chi connectivity index (χ0n) is 8.86. The van der Waals surface area contributed by atoms with Crippen LogP contribution in [-0.4, -0.2) is 40.7 Å². The lowest BCUT2D eigenvalue weighted by molar-refractivity contribution is 0.0414. The number of nitrogens with one attached hydrogen (secondary N) is 1. The van der Waals surface area contributed by atoms with Crippen LogP contribution in [0.1, 0.15) is 5.56 Å². The molecule has 0 fully saturated rings. The Kier molecular flexibility index (Phi) is 5.37. The van der Waals surface area contributed by atoms with Crippen LogP contribution in [0.3, 0.4) is 0 Å². The molecule has 90 valence electrons. The first-order chi connectivity index (χ1) is 7.65. The van der Waals surface area contributed by atoms with E-state index < -0.39 is 5.54 Å². The van der Waals surface area contributed by atoms with Gasteiger partial charge in [0.2, 0.25) is 0 Å². The molecule has 0 spiro atoms. The Morgan fingerprint density at radius 1 is 1.12 bits per heavy atom. The molecule has 0 unspecified atom stereocenters. The summed E-state index contributed by atoms with van der Waals surface area (Å²) in [6, 6.07) is 7.68. The second kappa shape index (κ2) is 6.32. The number of benzene rings is 1. The Balaban J connectivity index is 2.62. The van der Waals surface area contributed by atoms with Crippen molar-refractivity contribution in [2.24, 2.45) is 0 Å². The topological polar surface area (TPSA) is 72.7 Å². The average molecular weight is 290 g/mol. The lowest BCUT2D eigenvalue weighted by atomic mass is 10.0. The SMILES string of the molecule is OCC(CO)(CO)NCc1cccc(Br)c1. The maximum absolute atomic E-state index is 9.12. The van der Waals surface area contributed by atoms with Crippen molar-refractivity contribution in [2.75, 3.05) is 19.8 Å². The number of aliphatic hydroxyl groups excluding tert-OH is 3. The van der Waals surface area contributed by atoms with Gasteiger partial charge in [0.15, 0.2) is 0 Å². The molecule has 4 N–H and O–H groups in total. The van der Waals surface area contributed by atoms with Crippen LogP contribution in [0.5, 0.6) is 0 Å². The monoisotopic (exact) mass is 289 g/mol. The molecule has 0 aromatic heterocycles. The highest BCUT2D eigenvalue weighted by Crippen LogP contribution is 2.12. The summed E-state index contributed by atoms with van der Waals surface area (Å²) < 4.78 is 0.967. The van der Waals surface area contributed by atoms with Gasteiger partial charge in [0.1, 0.15) is 0 Å². The van der Waals surface area contributed by atoms with Crippen molar-refractivity contribution in [1.82, 2.24) is 5.32 Å². The van der Waals surface area contributed by atoms with Gasteiger partial charge in [-0.2, -0.15) is 0 Å². The summed E-state index contributed by atoms with van der Waals surface area (Å²) in [5, 5.41) is 30.3. The van der Waals surface area contributed by atoms with E-state index in [1.807, 2.05) is 24.3 Å². The normalized spacial score (nSPS) is 11.8. The van der Waals surface area contributed by atoms with Crippen molar-refractivity contribution in [3.05, 3.63) is 34.3 Å². The summed E-state index contributed by atoms with van der Waals surface area (Å²) in [4.78, 5) is 0. The fourth-order valence-electron chi connectivity index (χ4n) is 1.25. The van der Waals surface area contributed by atoms with Crippen molar-refractivity contribution in [3.8, 4) is 0 Å². The molecular weight excluding hydrogens is 274 g/mol. The van der Waals surface area contributed by atoms with Gasteiger partial charge < -0.3 is 20.6 Å². The van der Waals surface area contributed by atoms with E-state index in [2.05, 4.69) is 21.2 Å². The van der Waals surface area contributed by atoms with Gasteiger partial charge >= 0.3 is 0 Å². The molecule has 0 aliphatic rings. The highest BCUT2D eigenvalue weighted by Gasteiger charge is 2.26. The minimum absolute atomic E-state index is 0.312. The number of halogens is 1. The van der Waals surface area contributed by atoms with E-state index in [4.69, 9.17) is 15.3 Å². The molecule has 0 aliphatic carbocycles. The van der Waals surface area contributed by atoms with Crippen LogP contribution < -0.4 is 5.32 Å². The second-order valence-electron chi connectivity index (χ2n) is 3.74. The van der Waals surface area contributed by atoms with Crippen LogP contribution in [-0.2, 0) is 6.54 Å². The van der Waals surface area contributed by atoms with Gasteiger partial charge in [0.05, 0.1) is 25.4 Å². The largest absolute Gasteiger partial charge is 0.394 e. The van der Waals surface area contributed by atoms with Gasteiger partial charge in [-0.15, -0.1) is 0 Å². The maximum atomic E-state index is 9.12. The van der Waals surface area contributed by atoms with Crippen LogP contribution in [0.25, 0.3) is 0 Å². The molecule has 0 bridgehead atoms. The van der Waals surface area contributed by atoms with Crippen molar-refractivity contribution in [1.29, 1.82) is 0 Å². The summed E-state index contributed by atoms with van der Waals surface area (Å²) >= 11 is 3.36. The highest BCUT2D eigenvalue weighted by molar-refractivity contribution is 9.10. The maximum Gasteiger partial charge on any atom is 0.0884 e. The summed E-state index contributed by atoms with van der Waals surface area (Å²) in [6.07, 6.45) is 0. The van der Waals surface area contributed by atoms with Crippen molar-refractivity contribution in [2.45, 2.75) is 12.1 Å². The molecule has 1 aromatic rings. The molecule has 0 heterocycles. The van der Waals surface area contributed by atoms with Gasteiger partial charge in [0.25, 0.3) is 0 Å². The fraction of sp³-hybridized carbons (Fsp3) is 0.455. The quantitative estimate of drug-likeness (QED) is 0.606. The molecule has 0 saturated heterocycles. The molecule has 16 heavy (non-hydrogen) atoms. The van der Waals surface area contributed by atoms with Crippen LogP contribution in [0.15, 0.2) is 28.7 Å². The zero-order chi connectivity index (χ0) is 12.0. The number of hydrogen-bond donors (Lipinski definition) is 4. The third kappa shape index (κ3) is 3.54. The summed E-state index contributed by atoms with van der Waals surface area (Å²) in [6.45, 7) is -0.461. The molecule has 5 heteroatoms. The predicted octanol–water partition coefficient (Wildman–Crippen LogP) is 0.254. The van der Waals surface area contributed by atoms with Crippen LogP contribution >= 0.6 is 15.9 Å². The Hall–Kier alpha value is -0.460.